The van der Waals surface area contributed by atoms with Crippen LogP contribution in [0.25, 0.3) is 0 Å². The van der Waals surface area contributed by atoms with Gasteiger partial charge in [-0.2, -0.15) is 0 Å². The highest BCUT2D eigenvalue weighted by Crippen LogP contribution is 2.24. The van der Waals surface area contributed by atoms with Crippen LogP contribution in [0.15, 0.2) is 5.38 Å². The highest BCUT2D eigenvalue weighted by molar-refractivity contribution is 7.99. The van der Waals surface area contributed by atoms with Gasteiger partial charge in [-0.1, -0.05) is 0 Å². The van der Waals surface area contributed by atoms with Gasteiger partial charge in [0, 0.05) is 11.1 Å². The summed E-state index contributed by atoms with van der Waals surface area (Å²) in [6.07, 6.45) is 0. The van der Waals surface area contributed by atoms with Crippen molar-refractivity contribution in [3.63, 3.8) is 0 Å². The summed E-state index contributed by atoms with van der Waals surface area (Å²) in [4.78, 5) is 14.5. The first-order valence-corrected chi connectivity index (χ1v) is 6.05. The summed E-state index contributed by atoms with van der Waals surface area (Å²) in [6.45, 7) is 1.61. The van der Waals surface area contributed by atoms with E-state index in [0.717, 1.165) is 24.7 Å². The minimum absolute atomic E-state index is 0.172. The van der Waals surface area contributed by atoms with Gasteiger partial charge < -0.3 is 9.84 Å². The topological polar surface area (TPSA) is 59.4 Å². The van der Waals surface area contributed by atoms with Gasteiger partial charge in [-0.3, -0.25) is 0 Å². The number of rotatable bonds is 4. The molecule has 0 aromatic carbocycles. The molecule has 0 saturated carbocycles. The van der Waals surface area contributed by atoms with Crippen molar-refractivity contribution in [2.45, 2.75) is 11.0 Å². The van der Waals surface area contributed by atoms with Crippen molar-refractivity contribution in [1.29, 1.82) is 0 Å². The summed E-state index contributed by atoms with van der Waals surface area (Å²) in [7, 11) is 0. The fraction of sp³-hybridized carbons (Fsp3) is 0.500. The Balaban J connectivity index is 1.86. The lowest BCUT2D eigenvalue weighted by atomic mass is 10.4. The molecule has 1 N–H and O–H groups in total. The molecule has 4 nitrogen and oxygen atoms in total. The maximum Gasteiger partial charge on any atom is 0.365 e. The van der Waals surface area contributed by atoms with Crippen LogP contribution in [0.3, 0.4) is 0 Å². The van der Waals surface area contributed by atoms with Crippen molar-refractivity contribution < 1.29 is 14.6 Å². The summed E-state index contributed by atoms with van der Waals surface area (Å²) < 4.78 is 5.03. The van der Waals surface area contributed by atoms with Gasteiger partial charge in [-0.25, -0.2) is 9.78 Å². The van der Waals surface area contributed by atoms with Crippen LogP contribution >= 0.6 is 23.1 Å². The second-order valence-corrected chi connectivity index (χ2v) is 5.07. The molecule has 0 radical (unpaired) electrons. The number of aromatic nitrogens is 1. The van der Waals surface area contributed by atoms with Crippen molar-refractivity contribution in [2.24, 2.45) is 0 Å². The van der Waals surface area contributed by atoms with Crippen LogP contribution in [0.5, 0.6) is 0 Å². The van der Waals surface area contributed by atoms with E-state index in [1.165, 1.54) is 11.3 Å². The van der Waals surface area contributed by atoms with E-state index in [9.17, 15) is 4.79 Å². The molecule has 6 heteroatoms. The smallest absolute Gasteiger partial charge is 0.365 e. The van der Waals surface area contributed by atoms with Crippen molar-refractivity contribution in [2.75, 3.05) is 13.2 Å². The molecule has 2 rings (SSSR count). The van der Waals surface area contributed by atoms with Crippen LogP contribution in [0, 0.1) is 0 Å². The predicted molar refractivity (Wildman–Crippen MR) is 55.0 cm³/mol. The molecule has 0 amide bonds. The number of carbonyl (C=O) groups is 1. The number of thioether (sulfide) groups is 1. The zero-order chi connectivity index (χ0) is 9.97. The van der Waals surface area contributed by atoms with E-state index in [-0.39, 0.29) is 5.01 Å². The molecule has 1 saturated heterocycles. The van der Waals surface area contributed by atoms with Gasteiger partial charge in [-0.15, -0.1) is 23.1 Å². The van der Waals surface area contributed by atoms with Crippen LogP contribution in [-0.4, -0.2) is 34.5 Å². The summed E-state index contributed by atoms with van der Waals surface area (Å²) in [5, 5.41) is 11.2. The van der Waals surface area contributed by atoms with Gasteiger partial charge in [0.05, 0.1) is 24.2 Å². The summed E-state index contributed by atoms with van der Waals surface area (Å²) in [6, 6.07) is 0. The zero-order valence-electron chi connectivity index (χ0n) is 7.30. The van der Waals surface area contributed by atoms with Crippen molar-refractivity contribution in [3.05, 3.63) is 16.1 Å². The average Bonchev–Trinajstić information content (AvgIpc) is 2.50. The highest BCUT2D eigenvalue weighted by atomic mass is 32.2. The minimum atomic E-state index is -0.946. The molecule has 1 aliphatic heterocycles. The Bertz CT molecular complexity index is 335. The molecule has 0 bridgehead atoms. The largest absolute Gasteiger partial charge is 0.476 e. The predicted octanol–water partition coefficient (Wildman–Crippen LogP) is 1.47. The molecule has 1 aliphatic rings. The van der Waals surface area contributed by atoms with E-state index in [2.05, 4.69) is 4.98 Å². The SMILES string of the molecule is O=C(O)c1nc(CSC2COC2)cs1. The van der Waals surface area contributed by atoms with Gasteiger partial charge >= 0.3 is 5.97 Å². The molecule has 76 valence electrons. The second kappa shape index (κ2) is 4.29. The van der Waals surface area contributed by atoms with E-state index in [0.29, 0.717) is 5.25 Å². The molecule has 0 aliphatic carbocycles. The maximum atomic E-state index is 10.5. The first-order valence-electron chi connectivity index (χ1n) is 4.13. The number of aromatic carboxylic acids is 1. The number of carboxylic acids is 1. The number of nitrogens with zero attached hydrogens (tertiary/aromatic N) is 1. The van der Waals surface area contributed by atoms with Crippen LogP contribution in [-0.2, 0) is 10.5 Å². The Kier molecular flexibility index (Phi) is 3.05. The quantitative estimate of drug-likeness (QED) is 0.850. The average molecular weight is 231 g/mol. The van der Waals surface area contributed by atoms with Crippen molar-refractivity contribution >= 4 is 29.1 Å². The number of ether oxygens (including phenoxy) is 1. The van der Waals surface area contributed by atoms with E-state index in [4.69, 9.17) is 9.84 Å². The van der Waals surface area contributed by atoms with Gasteiger partial charge in [0.25, 0.3) is 0 Å². The van der Waals surface area contributed by atoms with Crippen molar-refractivity contribution in [1.82, 2.24) is 4.98 Å². The van der Waals surface area contributed by atoms with Crippen LogP contribution in [0.2, 0.25) is 0 Å². The first kappa shape index (κ1) is 9.95. The van der Waals surface area contributed by atoms with E-state index in [1.807, 2.05) is 0 Å². The van der Waals surface area contributed by atoms with Gasteiger partial charge in [0.1, 0.15) is 0 Å². The Morgan fingerprint density at radius 2 is 2.57 bits per heavy atom. The fourth-order valence-corrected chi connectivity index (χ4v) is 2.68. The third kappa shape index (κ3) is 2.26. The lowest BCUT2D eigenvalue weighted by Gasteiger charge is -2.24. The van der Waals surface area contributed by atoms with Gasteiger partial charge in [-0.05, 0) is 0 Å². The van der Waals surface area contributed by atoms with Crippen LogP contribution in [0.1, 0.15) is 15.5 Å². The molecule has 1 aromatic heterocycles. The number of hydrogen-bond donors (Lipinski definition) is 1. The standard InChI is InChI=1S/C8H9NO3S2/c10-8(11)7-9-5(4-14-7)3-13-6-1-12-2-6/h4,6H,1-3H2,(H,10,11). The summed E-state index contributed by atoms with van der Waals surface area (Å²) in [5.74, 6) is -0.170. The van der Waals surface area contributed by atoms with E-state index < -0.39 is 5.97 Å². The number of hydrogen-bond acceptors (Lipinski definition) is 5. The van der Waals surface area contributed by atoms with E-state index >= 15 is 0 Å². The lowest BCUT2D eigenvalue weighted by molar-refractivity contribution is 0.0455. The minimum Gasteiger partial charge on any atom is -0.476 e. The summed E-state index contributed by atoms with van der Waals surface area (Å²) in [5.41, 5.74) is 0.851. The molecule has 2 heterocycles. The molecule has 0 unspecified atom stereocenters. The highest BCUT2D eigenvalue weighted by Gasteiger charge is 2.19. The van der Waals surface area contributed by atoms with Crippen LogP contribution in [0.4, 0.5) is 0 Å². The normalized spacial score (nSPS) is 16.6. The molecule has 0 atom stereocenters. The fourth-order valence-electron chi connectivity index (χ4n) is 0.985. The second-order valence-electron chi connectivity index (χ2n) is 2.92. The molecular formula is C8H9NO3S2. The molecule has 0 spiro atoms. The lowest BCUT2D eigenvalue weighted by Crippen LogP contribution is -2.30. The van der Waals surface area contributed by atoms with E-state index in [1.54, 1.807) is 17.1 Å². The molecule has 1 aromatic rings. The monoisotopic (exact) mass is 231 g/mol. The Morgan fingerprint density at radius 3 is 3.07 bits per heavy atom. The molecule has 14 heavy (non-hydrogen) atoms. The first-order chi connectivity index (χ1) is 6.75. The Morgan fingerprint density at radius 1 is 1.79 bits per heavy atom. The zero-order valence-corrected chi connectivity index (χ0v) is 8.94. The number of carboxylic acid groups (broad SMARTS) is 1. The van der Waals surface area contributed by atoms with Gasteiger partial charge in [0.2, 0.25) is 5.01 Å². The maximum absolute atomic E-state index is 10.5. The van der Waals surface area contributed by atoms with Crippen LogP contribution < -0.4 is 0 Å². The Labute approximate surface area is 89.3 Å². The summed E-state index contributed by atoms with van der Waals surface area (Å²) >= 11 is 2.95. The third-order valence-corrected chi connectivity index (χ3v) is 3.89. The molecule has 1 fully saturated rings. The Hall–Kier alpha value is -0.590. The number of thiazole rings is 1. The van der Waals surface area contributed by atoms with Gasteiger partial charge in [0.15, 0.2) is 0 Å². The third-order valence-electron chi connectivity index (χ3n) is 1.81. The van der Waals surface area contributed by atoms with Crippen molar-refractivity contribution in [3.8, 4) is 0 Å². The molecular weight excluding hydrogens is 222 g/mol.